The molecule has 2 nitrogen and oxygen atoms in total. The van der Waals surface area contributed by atoms with Crippen molar-refractivity contribution in [1.29, 1.82) is 0 Å². The summed E-state index contributed by atoms with van der Waals surface area (Å²) in [5, 5.41) is 1.27. The number of hydrogen-bond donors (Lipinski definition) is 0. The molecule has 1 saturated heterocycles. The molecule has 0 spiro atoms. The summed E-state index contributed by atoms with van der Waals surface area (Å²) >= 11 is 0. The highest BCUT2D eigenvalue weighted by atomic mass is 16.3. The molecular weight excluding hydrogens is 222 g/mol. The Labute approximate surface area is 109 Å². The molecule has 1 fully saturated rings. The summed E-state index contributed by atoms with van der Waals surface area (Å²) in [5.74, 6) is 1.75. The number of aryl methyl sites for hydroxylation is 2. The Morgan fingerprint density at radius 2 is 1.89 bits per heavy atom. The van der Waals surface area contributed by atoms with E-state index in [9.17, 15) is 0 Å². The normalized spacial score (nSPS) is 18.6. The molecule has 0 saturated carbocycles. The molecule has 0 aliphatic carbocycles. The van der Waals surface area contributed by atoms with Gasteiger partial charge in [-0.15, -0.1) is 0 Å². The maximum atomic E-state index is 5.84. The van der Waals surface area contributed by atoms with Crippen LogP contribution in [0.25, 0.3) is 11.0 Å². The molecule has 96 valence electrons. The van der Waals surface area contributed by atoms with Gasteiger partial charge in [0, 0.05) is 5.39 Å². The average Bonchev–Trinajstić information content (AvgIpc) is 2.65. The first kappa shape index (κ1) is 11.8. The van der Waals surface area contributed by atoms with Crippen LogP contribution in [-0.2, 0) is 0 Å². The van der Waals surface area contributed by atoms with Crippen LogP contribution in [-0.4, -0.2) is 25.0 Å². The highest BCUT2D eigenvalue weighted by Crippen LogP contribution is 2.32. The Hall–Kier alpha value is -1.28. The predicted molar refractivity (Wildman–Crippen MR) is 75.2 cm³/mol. The predicted octanol–water partition coefficient (Wildman–Crippen LogP) is 3.86. The summed E-state index contributed by atoms with van der Waals surface area (Å²) in [6.45, 7) is 6.60. The van der Waals surface area contributed by atoms with Crippen LogP contribution in [0.15, 0.2) is 22.6 Å². The van der Waals surface area contributed by atoms with E-state index < -0.39 is 0 Å². The van der Waals surface area contributed by atoms with Gasteiger partial charge in [0.05, 0.1) is 0 Å². The summed E-state index contributed by atoms with van der Waals surface area (Å²) in [6.07, 6.45) is 2.53. The van der Waals surface area contributed by atoms with Gasteiger partial charge >= 0.3 is 0 Å². The van der Waals surface area contributed by atoms with E-state index in [0.717, 1.165) is 11.3 Å². The summed E-state index contributed by atoms with van der Waals surface area (Å²) in [5.41, 5.74) is 3.78. The first-order chi connectivity index (χ1) is 8.65. The number of likely N-dealkylation sites (tertiary alicyclic amines) is 1. The molecule has 1 aliphatic heterocycles. The lowest BCUT2D eigenvalue weighted by Crippen LogP contribution is -2.29. The molecule has 2 heteroatoms. The van der Waals surface area contributed by atoms with Gasteiger partial charge in [-0.05, 0) is 69.9 Å². The molecule has 0 N–H and O–H groups in total. The van der Waals surface area contributed by atoms with Gasteiger partial charge in [-0.1, -0.05) is 12.1 Å². The zero-order valence-electron chi connectivity index (χ0n) is 11.5. The van der Waals surface area contributed by atoms with Gasteiger partial charge in [0.2, 0.25) is 0 Å². The van der Waals surface area contributed by atoms with Crippen molar-refractivity contribution in [3.05, 3.63) is 35.1 Å². The highest BCUT2D eigenvalue weighted by Gasteiger charge is 2.19. The monoisotopic (exact) mass is 243 g/mol. The van der Waals surface area contributed by atoms with Crippen LogP contribution in [0.1, 0.15) is 35.6 Å². The second-order valence-electron chi connectivity index (χ2n) is 5.62. The van der Waals surface area contributed by atoms with E-state index in [1.165, 1.54) is 42.4 Å². The minimum absolute atomic E-state index is 0.705. The largest absolute Gasteiger partial charge is 0.461 e. The van der Waals surface area contributed by atoms with Crippen molar-refractivity contribution in [1.82, 2.24) is 4.90 Å². The Bertz CT molecular complexity index is 562. The number of fused-ring (bicyclic) bond motifs is 1. The SMILES string of the molecule is Cc1oc2cc(C3CCN(C)CC3)ccc2c1C. The number of nitrogens with zero attached hydrogens (tertiary/aromatic N) is 1. The molecule has 0 amide bonds. The van der Waals surface area contributed by atoms with Crippen LogP contribution >= 0.6 is 0 Å². The number of furan rings is 1. The van der Waals surface area contributed by atoms with E-state index in [0.29, 0.717) is 5.92 Å². The Kier molecular flexibility index (Phi) is 2.90. The van der Waals surface area contributed by atoms with E-state index in [2.05, 4.69) is 37.1 Å². The molecule has 0 bridgehead atoms. The maximum Gasteiger partial charge on any atom is 0.134 e. The summed E-state index contributed by atoms with van der Waals surface area (Å²) in [6, 6.07) is 6.78. The first-order valence-electron chi connectivity index (χ1n) is 6.83. The zero-order chi connectivity index (χ0) is 12.7. The number of hydrogen-bond acceptors (Lipinski definition) is 2. The lowest BCUT2D eigenvalue weighted by molar-refractivity contribution is 0.255. The van der Waals surface area contributed by atoms with Gasteiger partial charge in [0.15, 0.2) is 0 Å². The number of piperidine rings is 1. The molecule has 0 unspecified atom stereocenters. The van der Waals surface area contributed by atoms with Crippen molar-refractivity contribution >= 4 is 11.0 Å². The fourth-order valence-electron chi connectivity index (χ4n) is 2.96. The van der Waals surface area contributed by atoms with E-state index in [1.807, 2.05) is 6.92 Å². The van der Waals surface area contributed by atoms with Crippen molar-refractivity contribution in [3.8, 4) is 0 Å². The van der Waals surface area contributed by atoms with Crippen molar-refractivity contribution in [2.75, 3.05) is 20.1 Å². The van der Waals surface area contributed by atoms with E-state index in [1.54, 1.807) is 0 Å². The molecule has 2 heterocycles. The zero-order valence-corrected chi connectivity index (χ0v) is 11.5. The molecule has 0 atom stereocenters. The molecule has 3 rings (SSSR count). The quantitative estimate of drug-likeness (QED) is 0.756. The average molecular weight is 243 g/mol. The summed E-state index contributed by atoms with van der Waals surface area (Å²) in [4.78, 5) is 2.41. The van der Waals surface area contributed by atoms with Gasteiger partial charge in [0.25, 0.3) is 0 Å². The Balaban J connectivity index is 1.93. The fraction of sp³-hybridized carbons (Fsp3) is 0.500. The van der Waals surface area contributed by atoms with Gasteiger partial charge in [-0.3, -0.25) is 0 Å². The smallest absolute Gasteiger partial charge is 0.134 e. The van der Waals surface area contributed by atoms with Crippen molar-refractivity contribution < 1.29 is 4.42 Å². The molecular formula is C16H21NO. The Morgan fingerprint density at radius 3 is 2.61 bits per heavy atom. The highest BCUT2D eigenvalue weighted by molar-refractivity contribution is 5.82. The lowest BCUT2D eigenvalue weighted by Gasteiger charge is -2.29. The van der Waals surface area contributed by atoms with E-state index >= 15 is 0 Å². The fourth-order valence-corrected chi connectivity index (χ4v) is 2.96. The third kappa shape index (κ3) is 1.95. The summed E-state index contributed by atoms with van der Waals surface area (Å²) < 4.78 is 5.84. The van der Waals surface area contributed by atoms with Crippen LogP contribution < -0.4 is 0 Å². The first-order valence-corrected chi connectivity index (χ1v) is 6.83. The van der Waals surface area contributed by atoms with E-state index in [4.69, 9.17) is 4.42 Å². The number of benzene rings is 1. The van der Waals surface area contributed by atoms with E-state index in [-0.39, 0.29) is 0 Å². The van der Waals surface area contributed by atoms with Gasteiger partial charge in [-0.2, -0.15) is 0 Å². The molecule has 1 aromatic carbocycles. The minimum atomic E-state index is 0.705. The molecule has 1 aliphatic rings. The minimum Gasteiger partial charge on any atom is -0.461 e. The van der Waals surface area contributed by atoms with Gasteiger partial charge in [0.1, 0.15) is 11.3 Å². The van der Waals surface area contributed by atoms with Crippen LogP contribution in [0.5, 0.6) is 0 Å². The standard InChI is InChI=1S/C16H21NO/c1-11-12(2)18-16-10-14(4-5-15(11)16)13-6-8-17(3)9-7-13/h4-5,10,13H,6-9H2,1-3H3. The topological polar surface area (TPSA) is 16.4 Å². The molecule has 1 aromatic heterocycles. The maximum absolute atomic E-state index is 5.84. The van der Waals surface area contributed by atoms with Gasteiger partial charge in [-0.25, -0.2) is 0 Å². The van der Waals surface area contributed by atoms with Gasteiger partial charge < -0.3 is 9.32 Å². The van der Waals surface area contributed by atoms with Crippen molar-refractivity contribution in [2.24, 2.45) is 0 Å². The third-order valence-corrected chi connectivity index (χ3v) is 4.39. The molecule has 0 radical (unpaired) electrons. The Morgan fingerprint density at radius 1 is 1.17 bits per heavy atom. The number of rotatable bonds is 1. The molecule has 18 heavy (non-hydrogen) atoms. The summed E-state index contributed by atoms with van der Waals surface area (Å²) in [7, 11) is 2.21. The third-order valence-electron chi connectivity index (χ3n) is 4.39. The van der Waals surface area contributed by atoms with Crippen molar-refractivity contribution in [3.63, 3.8) is 0 Å². The second kappa shape index (κ2) is 4.43. The molecule has 2 aromatic rings. The van der Waals surface area contributed by atoms with Crippen LogP contribution in [0.3, 0.4) is 0 Å². The van der Waals surface area contributed by atoms with Crippen LogP contribution in [0.2, 0.25) is 0 Å². The lowest BCUT2D eigenvalue weighted by atomic mass is 9.89. The van der Waals surface area contributed by atoms with Crippen LogP contribution in [0, 0.1) is 13.8 Å². The second-order valence-corrected chi connectivity index (χ2v) is 5.62. The van der Waals surface area contributed by atoms with Crippen LogP contribution in [0.4, 0.5) is 0 Å². The van der Waals surface area contributed by atoms with Crippen molar-refractivity contribution in [2.45, 2.75) is 32.6 Å².